The molecule has 2 unspecified atom stereocenters. The minimum absolute atomic E-state index is 0.0706. The third-order valence-electron chi connectivity index (χ3n) is 4.68. The second-order valence-corrected chi connectivity index (χ2v) is 6.73. The van der Waals surface area contributed by atoms with Crippen LogP contribution in [0.15, 0.2) is 22.7 Å². The summed E-state index contributed by atoms with van der Waals surface area (Å²) in [6.07, 6.45) is 4.91. The molecule has 4 heteroatoms. The van der Waals surface area contributed by atoms with Crippen LogP contribution in [-0.4, -0.2) is 36.0 Å². The van der Waals surface area contributed by atoms with E-state index in [1.54, 1.807) is 0 Å². The standard InChI is InChI=1S/C16H21BrN2O/c1-11-12(5-4-6-13(11)17)16(20)18-14-8-10-19-9-3-2-7-15(14)19/h4-6,14-15H,2-3,7-10H2,1H3,(H,18,20). The van der Waals surface area contributed by atoms with Gasteiger partial charge >= 0.3 is 0 Å². The lowest BCUT2D eigenvalue weighted by Gasteiger charge is -2.32. The third-order valence-corrected chi connectivity index (χ3v) is 5.54. The molecule has 108 valence electrons. The number of rotatable bonds is 2. The largest absolute Gasteiger partial charge is 0.348 e. The van der Waals surface area contributed by atoms with Gasteiger partial charge in [0.1, 0.15) is 0 Å². The van der Waals surface area contributed by atoms with Gasteiger partial charge < -0.3 is 5.32 Å². The van der Waals surface area contributed by atoms with Gasteiger partial charge in [-0.3, -0.25) is 9.69 Å². The second-order valence-electron chi connectivity index (χ2n) is 5.88. The van der Waals surface area contributed by atoms with Gasteiger partial charge in [0.25, 0.3) is 5.91 Å². The summed E-state index contributed by atoms with van der Waals surface area (Å²) >= 11 is 3.49. The number of piperidine rings is 1. The van der Waals surface area contributed by atoms with E-state index < -0.39 is 0 Å². The van der Waals surface area contributed by atoms with Gasteiger partial charge in [0.05, 0.1) is 0 Å². The number of nitrogens with zero attached hydrogens (tertiary/aromatic N) is 1. The number of carbonyl (C=O) groups excluding carboxylic acids is 1. The van der Waals surface area contributed by atoms with E-state index >= 15 is 0 Å². The zero-order valence-electron chi connectivity index (χ0n) is 11.9. The Bertz CT molecular complexity index is 517. The Morgan fingerprint density at radius 3 is 3.00 bits per heavy atom. The Hall–Kier alpha value is -0.870. The molecule has 0 aromatic heterocycles. The minimum Gasteiger partial charge on any atom is -0.348 e. The van der Waals surface area contributed by atoms with Crippen molar-refractivity contribution in [3.63, 3.8) is 0 Å². The van der Waals surface area contributed by atoms with Crippen molar-refractivity contribution in [2.24, 2.45) is 0 Å². The molecule has 1 amide bonds. The number of hydrogen-bond donors (Lipinski definition) is 1. The van der Waals surface area contributed by atoms with E-state index in [0.29, 0.717) is 12.1 Å². The number of amides is 1. The lowest BCUT2D eigenvalue weighted by molar-refractivity contribution is 0.0914. The van der Waals surface area contributed by atoms with Crippen molar-refractivity contribution in [3.8, 4) is 0 Å². The van der Waals surface area contributed by atoms with Crippen LogP contribution in [0.5, 0.6) is 0 Å². The highest BCUT2D eigenvalue weighted by Gasteiger charge is 2.36. The molecule has 3 rings (SSSR count). The first-order valence-electron chi connectivity index (χ1n) is 7.47. The van der Waals surface area contributed by atoms with Crippen molar-refractivity contribution >= 4 is 21.8 Å². The van der Waals surface area contributed by atoms with Crippen LogP contribution in [-0.2, 0) is 0 Å². The number of fused-ring (bicyclic) bond motifs is 1. The number of nitrogens with one attached hydrogen (secondary N) is 1. The molecular formula is C16H21BrN2O. The van der Waals surface area contributed by atoms with Gasteiger partial charge in [-0.1, -0.05) is 28.4 Å². The molecular weight excluding hydrogens is 316 g/mol. The molecule has 2 aliphatic rings. The molecule has 3 nitrogen and oxygen atoms in total. The first kappa shape index (κ1) is 14.1. The first-order chi connectivity index (χ1) is 9.66. The van der Waals surface area contributed by atoms with E-state index in [-0.39, 0.29) is 5.91 Å². The number of carbonyl (C=O) groups is 1. The van der Waals surface area contributed by atoms with Crippen molar-refractivity contribution < 1.29 is 4.79 Å². The smallest absolute Gasteiger partial charge is 0.251 e. The van der Waals surface area contributed by atoms with Gasteiger partial charge in [-0.05, 0) is 50.4 Å². The van der Waals surface area contributed by atoms with Crippen LogP contribution >= 0.6 is 15.9 Å². The van der Waals surface area contributed by atoms with Crippen molar-refractivity contribution in [2.75, 3.05) is 13.1 Å². The Kier molecular flexibility index (Phi) is 4.13. The maximum absolute atomic E-state index is 12.5. The van der Waals surface area contributed by atoms with Crippen LogP contribution in [0.2, 0.25) is 0 Å². The fourth-order valence-electron chi connectivity index (χ4n) is 3.52. The molecule has 0 bridgehead atoms. The number of hydrogen-bond acceptors (Lipinski definition) is 2. The molecule has 1 aromatic carbocycles. The van der Waals surface area contributed by atoms with Gasteiger partial charge in [-0.2, -0.15) is 0 Å². The summed E-state index contributed by atoms with van der Waals surface area (Å²) in [5.41, 5.74) is 1.80. The van der Waals surface area contributed by atoms with E-state index in [1.165, 1.54) is 25.8 Å². The van der Waals surface area contributed by atoms with Gasteiger partial charge in [-0.15, -0.1) is 0 Å². The molecule has 2 saturated heterocycles. The van der Waals surface area contributed by atoms with Crippen LogP contribution in [0, 0.1) is 6.92 Å². The van der Waals surface area contributed by atoms with Crippen LogP contribution in [0.4, 0.5) is 0 Å². The molecule has 2 atom stereocenters. The number of benzene rings is 1. The molecule has 1 aromatic rings. The SMILES string of the molecule is Cc1c(Br)cccc1C(=O)NC1CCN2CCCCC12. The quantitative estimate of drug-likeness (QED) is 0.899. The predicted molar refractivity (Wildman–Crippen MR) is 84.0 cm³/mol. The topological polar surface area (TPSA) is 32.3 Å². The van der Waals surface area contributed by atoms with Gasteiger partial charge in [-0.25, -0.2) is 0 Å². The summed E-state index contributed by atoms with van der Waals surface area (Å²) in [6.45, 7) is 4.32. The molecule has 2 aliphatic heterocycles. The highest BCUT2D eigenvalue weighted by molar-refractivity contribution is 9.10. The fraction of sp³-hybridized carbons (Fsp3) is 0.562. The highest BCUT2D eigenvalue weighted by atomic mass is 79.9. The van der Waals surface area contributed by atoms with E-state index in [0.717, 1.165) is 28.6 Å². The van der Waals surface area contributed by atoms with Gasteiger partial charge in [0.2, 0.25) is 0 Å². The van der Waals surface area contributed by atoms with Crippen LogP contribution in [0.3, 0.4) is 0 Å². The van der Waals surface area contributed by atoms with Crippen molar-refractivity contribution in [3.05, 3.63) is 33.8 Å². The Balaban J connectivity index is 1.71. The monoisotopic (exact) mass is 336 g/mol. The molecule has 0 saturated carbocycles. The van der Waals surface area contributed by atoms with Crippen LogP contribution in [0.1, 0.15) is 41.6 Å². The zero-order valence-corrected chi connectivity index (χ0v) is 13.4. The summed E-state index contributed by atoms with van der Waals surface area (Å²) in [5.74, 6) is 0.0706. The fourth-order valence-corrected chi connectivity index (χ4v) is 3.88. The Labute approximate surface area is 128 Å². The molecule has 20 heavy (non-hydrogen) atoms. The van der Waals surface area contributed by atoms with Crippen molar-refractivity contribution in [1.82, 2.24) is 10.2 Å². The maximum atomic E-state index is 12.5. The van der Waals surface area contributed by atoms with E-state index in [1.807, 2.05) is 25.1 Å². The van der Waals surface area contributed by atoms with E-state index in [9.17, 15) is 4.79 Å². The van der Waals surface area contributed by atoms with Gasteiger partial charge in [0, 0.05) is 28.7 Å². The molecule has 0 radical (unpaired) electrons. The van der Waals surface area contributed by atoms with Crippen molar-refractivity contribution in [1.29, 1.82) is 0 Å². The van der Waals surface area contributed by atoms with Crippen LogP contribution < -0.4 is 5.32 Å². The summed E-state index contributed by atoms with van der Waals surface area (Å²) in [7, 11) is 0. The lowest BCUT2D eigenvalue weighted by Crippen LogP contribution is -2.46. The summed E-state index contributed by atoms with van der Waals surface area (Å²) in [5, 5.41) is 3.26. The molecule has 1 N–H and O–H groups in total. The normalized spacial score (nSPS) is 26.3. The predicted octanol–water partition coefficient (Wildman–Crippen LogP) is 3.11. The first-order valence-corrected chi connectivity index (χ1v) is 8.26. The van der Waals surface area contributed by atoms with E-state index in [2.05, 4.69) is 26.1 Å². The number of halogens is 1. The molecule has 2 heterocycles. The zero-order chi connectivity index (χ0) is 14.1. The Morgan fingerprint density at radius 2 is 2.15 bits per heavy atom. The van der Waals surface area contributed by atoms with Gasteiger partial charge in [0.15, 0.2) is 0 Å². The third kappa shape index (κ3) is 2.63. The minimum atomic E-state index is 0.0706. The molecule has 0 spiro atoms. The maximum Gasteiger partial charge on any atom is 0.251 e. The summed E-state index contributed by atoms with van der Waals surface area (Å²) < 4.78 is 0.996. The Morgan fingerprint density at radius 1 is 1.30 bits per heavy atom. The van der Waals surface area contributed by atoms with E-state index in [4.69, 9.17) is 0 Å². The highest BCUT2D eigenvalue weighted by Crippen LogP contribution is 2.27. The average Bonchev–Trinajstić information content (AvgIpc) is 2.85. The summed E-state index contributed by atoms with van der Waals surface area (Å²) in [6, 6.07) is 6.68. The average molecular weight is 337 g/mol. The second kappa shape index (κ2) is 5.86. The van der Waals surface area contributed by atoms with Crippen LogP contribution in [0.25, 0.3) is 0 Å². The summed E-state index contributed by atoms with van der Waals surface area (Å²) in [4.78, 5) is 15.0. The molecule has 2 fully saturated rings. The lowest BCUT2D eigenvalue weighted by atomic mass is 9.98. The molecule has 0 aliphatic carbocycles. The van der Waals surface area contributed by atoms with Crippen molar-refractivity contribution in [2.45, 2.75) is 44.7 Å².